The number of aromatic nitrogens is 2. The van der Waals surface area contributed by atoms with E-state index in [4.69, 9.17) is 0 Å². The number of allylic oxidation sites excluding steroid dienone is 5. The molecule has 2 fully saturated rings. The smallest absolute Gasteiger partial charge is 0.333 e. The molecule has 1 saturated carbocycles. The number of benzene rings is 4. The standard InChI is InChI=1S/C43H40N4O3/c1-5-44-33(31-17-9-13-27-15-11-19-35(44)38(27)31)25-23-29-21-22-30(37(29)40-41(48)46(7-3)43(50)47(8-4)42(40)49)24-26-34-32-18-10-14-28-16-12-20-36(39(28)32)45(34)6-2/h9-20,23-26H,5-8,21-22H2,1-4H3/b29-23-,30-24-,33-25-,34-26-. The first kappa shape index (κ1) is 31.6. The summed E-state index contributed by atoms with van der Waals surface area (Å²) in [5.74, 6) is -1.05. The third-order valence-electron chi connectivity index (χ3n) is 10.6. The van der Waals surface area contributed by atoms with Gasteiger partial charge in [-0.25, -0.2) is 4.79 Å². The zero-order valence-corrected chi connectivity index (χ0v) is 29.0. The number of rotatable bonds is 6. The van der Waals surface area contributed by atoms with Crippen LogP contribution in [-0.4, -0.2) is 49.9 Å². The second kappa shape index (κ2) is 12.3. The molecule has 4 amide bonds. The van der Waals surface area contributed by atoms with Gasteiger partial charge in [-0.05, 0) is 92.3 Å². The zero-order valence-electron chi connectivity index (χ0n) is 29.0. The third-order valence-corrected chi connectivity index (χ3v) is 10.6. The van der Waals surface area contributed by atoms with Gasteiger partial charge in [-0.2, -0.15) is 0 Å². The van der Waals surface area contributed by atoms with Crippen molar-refractivity contribution in [2.45, 2.75) is 53.6 Å². The Balaban J connectivity index is 1.38. The first-order valence-corrected chi connectivity index (χ1v) is 17.7. The molecule has 6 aromatic rings. The van der Waals surface area contributed by atoms with Crippen molar-refractivity contribution in [2.24, 2.45) is 0 Å². The fourth-order valence-electron chi connectivity index (χ4n) is 8.30. The number of imide groups is 2. The van der Waals surface area contributed by atoms with Crippen LogP contribution in [-0.2, 0) is 22.7 Å². The third kappa shape index (κ3) is 4.60. The van der Waals surface area contributed by atoms with Crippen molar-refractivity contribution in [3.05, 3.63) is 118 Å². The summed E-state index contributed by atoms with van der Waals surface area (Å²) < 4.78 is 4.64. The number of barbiturate groups is 1. The highest BCUT2D eigenvalue weighted by atomic mass is 16.2. The lowest BCUT2D eigenvalue weighted by molar-refractivity contribution is -0.135. The van der Waals surface area contributed by atoms with E-state index in [1.807, 2.05) is 0 Å². The number of nitrogens with zero attached hydrogens (tertiary/aromatic N) is 4. The van der Waals surface area contributed by atoms with Gasteiger partial charge >= 0.3 is 6.03 Å². The lowest BCUT2D eigenvalue weighted by Crippen LogP contribution is -2.56. The van der Waals surface area contributed by atoms with E-state index < -0.39 is 17.8 Å². The van der Waals surface area contributed by atoms with Crippen LogP contribution in [0.3, 0.4) is 0 Å². The summed E-state index contributed by atoms with van der Waals surface area (Å²) in [6.07, 6.45) is 9.80. The van der Waals surface area contributed by atoms with Crippen molar-refractivity contribution in [3.8, 4) is 0 Å². The van der Waals surface area contributed by atoms with Gasteiger partial charge in [0.1, 0.15) is 5.57 Å². The van der Waals surface area contributed by atoms with Crippen LogP contribution >= 0.6 is 0 Å². The maximum Gasteiger partial charge on any atom is 0.333 e. The average molecular weight is 661 g/mol. The van der Waals surface area contributed by atoms with Crippen molar-refractivity contribution in [2.75, 3.05) is 13.1 Å². The van der Waals surface area contributed by atoms with Gasteiger partial charge < -0.3 is 9.13 Å². The number of carbonyl (C=O) groups is 3. The van der Waals surface area contributed by atoms with E-state index in [1.54, 1.807) is 13.8 Å². The maximum absolute atomic E-state index is 14.1. The molecule has 50 heavy (non-hydrogen) atoms. The monoisotopic (exact) mass is 660 g/mol. The number of urea groups is 1. The van der Waals surface area contributed by atoms with E-state index >= 15 is 0 Å². The van der Waals surface area contributed by atoms with E-state index in [0.717, 1.165) is 34.9 Å². The first-order chi connectivity index (χ1) is 24.4. The summed E-state index contributed by atoms with van der Waals surface area (Å²) in [7, 11) is 0. The molecule has 1 aliphatic heterocycles. The summed E-state index contributed by atoms with van der Waals surface area (Å²) >= 11 is 0. The number of amides is 4. The molecule has 0 N–H and O–H groups in total. The van der Waals surface area contributed by atoms with Crippen LogP contribution in [0.25, 0.3) is 55.5 Å². The normalized spacial score (nSPS) is 18.4. The first-order valence-electron chi connectivity index (χ1n) is 17.7. The molecule has 0 spiro atoms. The molecule has 1 saturated heterocycles. The van der Waals surface area contributed by atoms with Crippen LogP contribution < -0.4 is 10.7 Å². The SMILES string of the molecule is CCN1C(=O)C(=C2/C(=C\C=c3\c4cccc5cccc(c54)n3CC)CC/C2=C/C=c2/c3cccc4cccc(c43)n2CC)C(=O)N(CC)C1=O. The van der Waals surface area contributed by atoms with Crippen molar-refractivity contribution in [1.82, 2.24) is 18.9 Å². The summed E-state index contributed by atoms with van der Waals surface area (Å²) in [6.45, 7) is 9.82. The molecule has 2 aromatic heterocycles. The molecule has 7 heteroatoms. The summed E-state index contributed by atoms with van der Waals surface area (Å²) in [4.78, 5) is 43.7. The van der Waals surface area contributed by atoms with E-state index in [0.29, 0.717) is 18.4 Å². The molecule has 3 heterocycles. The fourth-order valence-corrected chi connectivity index (χ4v) is 8.30. The molecule has 7 nitrogen and oxygen atoms in total. The minimum atomic E-state index is -0.557. The summed E-state index contributed by atoms with van der Waals surface area (Å²) in [6, 6.07) is 25.1. The Kier molecular flexibility index (Phi) is 7.78. The Bertz CT molecular complexity index is 2420. The lowest BCUT2D eigenvalue weighted by Gasteiger charge is -2.33. The molecule has 0 radical (unpaired) electrons. The van der Waals surface area contributed by atoms with Gasteiger partial charge in [-0.1, -0.05) is 72.8 Å². The van der Waals surface area contributed by atoms with E-state index in [-0.39, 0.29) is 18.7 Å². The van der Waals surface area contributed by atoms with Gasteiger partial charge in [0.05, 0.1) is 0 Å². The Morgan fingerprint density at radius 1 is 0.520 bits per heavy atom. The predicted molar refractivity (Wildman–Crippen MR) is 202 cm³/mol. The fraction of sp³-hybridized carbons (Fsp3) is 0.233. The van der Waals surface area contributed by atoms with Gasteiger partial charge in [0.2, 0.25) is 0 Å². The maximum atomic E-state index is 14.1. The highest BCUT2D eigenvalue weighted by molar-refractivity contribution is 6.30. The Hall–Kier alpha value is -5.69. The summed E-state index contributed by atoms with van der Waals surface area (Å²) in [5.41, 5.74) is 4.93. The minimum absolute atomic E-state index is 0.0772. The van der Waals surface area contributed by atoms with Crippen LogP contribution in [0, 0.1) is 0 Å². The number of hydrogen-bond donors (Lipinski definition) is 0. The molecular formula is C43H40N4O3. The van der Waals surface area contributed by atoms with Gasteiger partial charge in [-0.15, -0.1) is 0 Å². The lowest BCUT2D eigenvalue weighted by atomic mass is 9.95. The van der Waals surface area contributed by atoms with E-state index in [1.165, 1.54) is 53.2 Å². The molecule has 1 aliphatic carbocycles. The molecular weight excluding hydrogens is 620 g/mol. The zero-order chi connectivity index (χ0) is 34.7. The van der Waals surface area contributed by atoms with Crippen LogP contribution in [0.1, 0.15) is 40.5 Å². The quantitative estimate of drug-likeness (QED) is 0.138. The largest absolute Gasteiger partial charge is 0.341 e. The molecule has 0 unspecified atom stereocenters. The molecule has 2 aliphatic rings. The number of hydrogen-bond acceptors (Lipinski definition) is 3. The molecule has 8 rings (SSSR count). The van der Waals surface area contributed by atoms with Crippen molar-refractivity contribution >= 4 is 73.3 Å². The van der Waals surface area contributed by atoms with E-state index in [2.05, 4.69) is 120 Å². The molecule has 250 valence electrons. The molecule has 0 bridgehead atoms. The van der Waals surface area contributed by atoms with Crippen molar-refractivity contribution in [3.63, 3.8) is 0 Å². The van der Waals surface area contributed by atoms with Crippen molar-refractivity contribution in [1.29, 1.82) is 0 Å². The van der Waals surface area contributed by atoms with Crippen molar-refractivity contribution < 1.29 is 14.4 Å². The minimum Gasteiger partial charge on any atom is -0.341 e. The van der Waals surface area contributed by atoms with Crippen LogP contribution in [0.2, 0.25) is 0 Å². The van der Waals surface area contributed by atoms with Crippen LogP contribution in [0.5, 0.6) is 0 Å². The van der Waals surface area contributed by atoms with E-state index in [9.17, 15) is 14.4 Å². The van der Waals surface area contributed by atoms with Gasteiger partial charge in [0, 0.05) is 69.5 Å². The number of likely N-dealkylation sites (N-methyl/N-ethyl adjacent to an activating group) is 2. The van der Waals surface area contributed by atoms with Gasteiger partial charge in [0.25, 0.3) is 11.8 Å². The highest BCUT2D eigenvalue weighted by Crippen LogP contribution is 2.40. The van der Waals surface area contributed by atoms with Crippen LogP contribution in [0.15, 0.2) is 107 Å². The molecule has 0 atom stereocenters. The average Bonchev–Trinajstić information content (AvgIpc) is 3.78. The second-order valence-corrected chi connectivity index (χ2v) is 13.0. The Morgan fingerprint density at radius 2 is 0.940 bits per heavy atom. The summed E-state index contributed by atoms with van der Waals surface area (Å²) in [5, 5.41) is 9.39. The van der Waals surface area contributed by atoms with Gasteiger partial charge in [-0.3, -0.25) is 19.4 Å². The van der Waals surface area contributed by atoms with Gasteiger partial charge in [0.15, 0.2) is 0 Å². The second-order valence-electron chi connectivity index (χ2n) is 13.0. The number of aryl methyl sites for hydroxylation is 2. The predicted octanol–water partition coefficient (Wildman–Crippen LogP) is 7.42. The Labute approximate surface area is 290 Å². The highest BCUT2D eigenvalue weighted by Gasteiger charge is 2.43. The van der Waals surface area contributed by atoms with Crippen LogP contribution in [0.4, 0.5) is 4.79 Å². The topological polar surface area (TPSA) is 67.6 Å². The molecule has 4 aromatic carbocycles. The number of carbonyl (C=O) groups excluding carboxylic acids is 3. The Morgan fingerprint density at radius 3 is 1.34 bits per heavy atom.